The van der Waals surface area contributed by atoms with Gasteiger partial charge in [0.05, 0.1) is 5.56 Å². The molecule has 0 aliphatic carbocycles. The summed E-state index contributed by atoms with van der Waals surface area (Å²) in [5.41, 5.74) is -0.346. The summed E-state index contributed by atoms with van der Waals surface area (Å²) in [6.45, 7) is 3.66. The maximum absolute atomic E-state index is 12.9. The number of hydrogen-bond donors (Lipinski definition) is 1. The molecule has 1 nitrogen and oxygen atoms in total. The van der Waals surface area contributed by atoms with Crippen molar-refractivity contribution in [2.45, 2.75) is 26.1 Å². The third-order valence-corrected chi connectivity index (χ3v) is 3.92. The highest BCUT2D eigenvalue weighted by molar-refractivity contribution is 7.12. The Labute approximate surface area is 113 Å². The van der Waals surface area contributed by atoms with Crippen molar-refractivity contribution in [1.29, 1.82) is 0 Å². The number of hydrogen-bond acceptors (Lipinski definition) is 2. The second-order valence-corrected chi connectivity index (χ2v) is 5.82. The van der Waals surface area contributed by atoms with E-state index in [2.05, 4.69) is 0 Å². The van der Waals surface area contributed by atoms with Crippen LogP contribution in [0, 0.1) is 13.8 Å². The Bertz CT molecular complexity index is 587. The molecular formula is C14H13F3OS. The van der Waals surface area contributed by atoms with Gasteiger partial charge in [0.25, 0.3) is 0 Å². The number of halogens is 3. The Morgan fingerprint density at radius 1 is 1.11 bits per heavy atom. The van der Waals surface area contributed by atoms with E-state index in [4.69, 9.17) is 0 Å². The van der Waals surface area contributed by atoms with Crippen molar-refractivity contribution in [3.63, 3.8) is 0 Å². The average Bonchev–Trinajstić information content (AvgIpc) is 2.66. The van der Waals surface area contributed by atoms with Gasteiger partial charge in [0.2, 0.25) is 0 Å². The van der Waals surface area contributed by atoms with Crippen LogP contribution in [0.4, 0.5) is 13.2 Å². The van der Waals surface area contributed by atoms with E-state index in [0.29, 0.717) is 5.56 Å². The first-order valence-electron chi connectivity index (χ1n) is 5.72. The number of aliphatic hydroxyl groups is 1. The molecule has 2 rings (SSSR count). The fourth-order valence-corrected chi connectivity index (χ4v) is 3.04. The molecule has 0 fully saturated rings. The molecule has 2 aromatic rings. The lowest BCUT2D eigenvalue weighted by molar-refractivity contribution is -0.139. The normalized spacial score (nSPS) is 13.6. The van der Waals surface area contributed by atoms with Crippen LogP contribution in [0.15, 0.2) is 30.3 Å². The van der Waals surface area contributed by atoms with Crippen LogP contribution in [0.25, 0.3) is 0 Å². The molecule has 0 spiro atoms. The van der Waals surface area contributed by atoms with E-state index >= 15 is 0 Å². The van der Waals surface area contributed by atoms with Gasteiger partial charge in [0.15, 0.2) is 0 Å². The lowest BCUT2D eigenvalue weighted by Gasteiger charge is -2.17. The highest BCUT2D eigenvalue weighted by atomic mass is 32.1. The summed E-state index contributed by atoms with van der Waals surface area (Å²) in [4.78, 5) is 1.80. The summed E-state index contributed by atoms with van der Waals surface area (Å²) in [5, 5.41) is 10.2. The number of benzene rings is 1. The summed E-state index contributed by atoms with van der Waals surface area (Å²) in [6, 6.07) is 6.87. The first kappa shape index (κ1) is 14.1. The highest BCUT2D eigenvalue weighted by Gasteiger charge is 2.35. The van der Waals surface area contributed by atoms with Crippen molar-refractivity contribution in [2.24, 2.45) is 0 Å². The van der Waals surface area contributed by atoms with Crippen LogP contribution in [0.3, 0.4) is 0 Å². The minimum Gasteiger partial charge on any atom is -0.384 e. The molecule has 0 saturated heterocycles. The monoisotopic (exact) mass is 286 g/mol. The quantitative estimate of drug-likeness (QED) is 0.864. The Hall–Kier alpha value is -1.33. The van der Waals surface area contributed by atoms with Gasteiger partial charge in [-0.3, -0.25) is 0 Å². The Balaban J connectivity index is 2.50. The van der Waals surface area contributed by atoms with Crippen LogP contribution in [0.5, 0.6) is 0 Å². The Morgan fingerprint density at radius 2 is 1.74 bits per heavy atom. The van der Waals surface area contributed by atoms with Crippen molar-refractivity contribution in [3.05, 3.63) is 56.8 Å². The van der Waals surface area contributed by atoms with Gasteiger partial charge in [-0.25, -0.2) is 0 Å². The number of aryl methyl sites for hydroxylation is 2. The molecule has 5 heteroatoms. The summed E-state index contributed by atoms with van der Waals surface area (Å²) >= 11 is 1.46. The van der Waals surface area contributed by atoms with E-state index in [1.165, 1.54) is 29.5 Å². The van der Waals surface area contributed by atoms with Gasteiger partial charge >= 0.3 is 6.18 Å². The fraction of sp³-hybridized carbons (Fsp3) is 0.286. The number of rotatable bonds is 2. The molecule has 1 atom stereocenters. The first-order chi connectivity index (χ1) is 8.80. The van der Waals surface area contributed by atoms with Crippen LogP contribution in [-0.4, -0.2) is 5.11 Å². The van der Waals surface area contributed by atoms with Crippen molar-refractivity contribution in [1.82, 2.24) is 0 Å². The average molecular weight is 286 g/mol. The minimum absolute atomic E-state index is 0.101. The summed E-state index contributed by atoms with van der Waals surface area (Å²) in [6.07, 6.45) is -5.71. The van der Waals surface area contributed by atoms with Crippen LogP contribution < -0.4 is 0 Å². The number of aliphatic hydroxyl groups excluding tert-OH is 1. The fourth-order valence-electron chi connectivity index (χ4n) is 2.08. The molecule has 19 heavy (non-hydrogen) atoms. The van der Waals surface area contributed by atoms with Gasteiger partial charge in [-0.1, -0.05) is 18.2 Å². The third kappa shape index (κ3) is 2.82. The van der Waals surface area contributed by atoms with Crippen LogP contribution in [-0.2, 0) is 6.18 Å². The molecule has 0 amide bonds. The highest BCUT2D eigenvalue weighted by Crippen LogP contribution is 2.38. The molecule has 0 bridgehead atoms. The van der Waals surface area contributed by atoms with Gasteiger partial charge < -0.3 is 5.11 Å². The standard InChI is InChI=1S/C14H13F3OS/c1-8-7-11(9(2)19-8)13(18)10-5-3-4-6-12(10)14(15,16)17/h3-7,13,18H,1-2H3. The Kier molecular flexibility index (Phi) is 3.69. The Morgan fingerprint density at radius 3 is 2.26 bits per heavy atom. The molecular weight excluding hydrogens is 273 g/mol. The predicted molar refractivity (Wildman–Crippen MR) is 69.3 cm³/mol. The van der Waals surface area contributed by atoms with E-state index in [1.807, 2.05) is 6.92 Å². The molecule has 1 aromatic carbocycles. The molecule has 0 radical (unpaired) electrons. The maximum Gasteiger partial charge on any atom is 0.416 e. The molecule has 1 N–H and O–H groups in total. The summed E-state index contributed by atoms with van der Waals surface area (Å²) in [5.74, 6) is 0. The van der Waals surface area contributed by atoms with Crippen molar-refractivity contribution >= 4 is 11.3 Å². The molecule has 0 saturated carbocycles. The third-order valence-electron chi connectivity index (χ3n) is 2.93. The predicted octanol–water partition coefficient (Wildman–Crippen LogP) is 4.47. The van der Waals surface area contributed by atoms with Crippen LogP contribution >= 0.6 is 11.3 Å². The molecule has 1 unspecified atom stereocenters. The maximum atomic E-state index is 12.9. The number of alkyl halides is 3. The largest absolute Gasteiger partial charge is 0.416 e. The van der Waals surface area contributed by atoms with Crippen molar-refractivity contribution in [3.8, 4) is 0 Å². The lowest BCUT2D eigenvalue weighted by atomic mass is 9.97. The van der Waals surface area contributed by atoms with Gasteiger partial charge in [-0.2, -0.15) is 13.2 Å². The van der Waals surface area contributed by atoms with Crippen molar-refractivity contribution in [2.75, 3.05) is 0 Å². The second-order valence-electron chi connectivity index (χ2n) is 4.36. The van der Waals surface area contributed by atoms with Crippen LogP contribution in [0.2, 0.25) is 0 Å². The summed E-state index contributed by atoms with van der Waals surface area (Å²) < 4.78 is 38.8. The zero-order chi connectivity index (χ0) is 14.2. The van der Waals surface area contributed by atoms with E-state index in [1.54, 1.807) is 13.0 Å². The summed E-state index contributed by atoms with van der Waals surface area (Å²) in [7, 11) is 0. The number of thiophene rings is 1. The van der Waals surface area contributed by atoms with E-state index in [-0.39, 0.29) is 5.56 Å². The topological polar surface area (TPSA) is 20.2 Å². The molecule has 0 aliphatic rings. The molecule has 1 heterocycles. The van der Waals surface area contributed by atoms with E-state index in [9.17, 15) is 18.3 Å². The first-order valence-corrected chi connectivity index (χ1v) is 6.53. The van der Waals surface area contributed by atoms with Gasteiger partial charge in [-0.05, 0) is 37.1 Å². The SMILES string of the molecule is Cc1cc(C(O)c2ccccc2C(F)(F)F)c(C)s1. The van der Waals surface area contributed by atoms with Gasteiger partial charge in [-0.15, -0.1) is 11.3 Å². The van der Waals surface area contributed by atoms with E-state index < -0.39 is 17.8 Å². The smallest absolute Gasteiger partial charge is 0.384 e. The zero-order valence-corrected chi connectivity index (χ0v) is 11.3. The molecule has 0 aliphatic heterocycles. The zero-order valence-electron chi connectivity index (χ0n) is 10.5. The molecule has 102 valence electrons. The van der Waals surface area contributed by atoms with Crippen molar-refractivity contribution < 1.29 is 18.3 Å². The van der Waals surface area contributed by atoms with Crippen LogP contribution in [0.1, 0.15) is 32.5 Å². The van der Waals surface area contributed by atoms with Gasteiger partial charge in [0.1, 0.15) is 6.10 Å². The minimum atomic E-state index is -4.46. The van der Waals surface area contributed by atoms with Gasteiger partial charge in [0, 0.05) is 9.75 Å². The van der Waals surface area contributed by atoms with E-state index in [0.717, 1.165) is 15.8 Å². The second kappa shape index (κ2) is 4.98. The lowest BCUT2D eigenvalue weighted by Crippen LogP contribution is -2.12. The molecule has 1 aromatic heterocycles.